The average molecular weight is 528 g/mol. The van der Waals surface area contributed by atoms with E-state index < -0.39 is 5.82 Å². The number of halogens is 1. The van der Waals surface area contributed by atoms with E-state index in [1.54, 1.807) is 25.4 Å². The monoisotopic (exact) mass is 527 g/mol. The third kappa shape index (κ3) is 5.37. The SMILES string of the molecule is C=CC(=O)Nc1cc(Nc2ncc3c(n2)c(-c2cccc(F)c2)cc(=O)n3C)ccc1N(C)C1CCN(C)C1. The summed E-state index contributed by atoms with van der Waals surface area (Å²) in [4.78, 5) is 38.4. The van der Waals surface area contributed by atoms with Gasteiger partial charge in [0.25, 0.3) is 5.56 Å². The molecule has 0 saturated carbocycles. The molecule has 2 aromatic heterocycles. The molecule has 3 heterocycles. The number of anilines is 4. The molecular formula is C29H30FN7O2. The summed E-state index contributed by atoms with van der Waals surface area (Å²) in [6.45, 7) is 5.53. The van der Waals surface area contributed by atoms with Crippen molar-refractivity contribution in [3.8, 4) is 11.1 Å². The number of hydrogen-bond acceptors (Lipinski definition) is 7. The summed E-state index contributed by atoms with van der Waals surface area (Å²) in [5.41, 5.74) is 4.00. The van der Waals surface area contributed by atoms with Gasteiger partial charge < -0.3 is 25.0 Å². The molecule has 1 aliphatic rings. The number of carbonyl (C=O) groups excluding carboxylic acids is 1. The summed E-state index contributed by atoms with van der Waals surface area (Å²) in [5.74, 6) is -0.427. The molecule has 0 aliphatic carbocycles. The first-order chi connectivity index (χ1) is 18.7. The number of nitrogens with one attached hydrogen (secondary N) is 2. The highest BCUT2D eigenvalue weighted by atomic mass is 19.1. The third-order valence-corrected chi connectivity index (χ3v) is 7.11. The molecule has 39 heavy (non-hydrogen) atoms. The molecule has 1 aliphatic heterocycles. The Kier molecular flexibility index (Phi) is 7.12. The summed E-state index contributed by atoms with van der Waals surface area (Å²) in [6, 6.07) is 13.5. The topological polar surface area (TPSA) is 95.4 Å². The lowest BCUT2D eigenvalue weighted by atomic mass is 10.0. The maximum absolute atomic E-state index is 14.0. The second kappa shape index (κ2) is 10.7. The van der Waals surface area contributed by atoms with Crippen LogP contribution in [0.15, 0.2) is 72.2 Å². The minimum atomic E-state index is -0.405. The van der Waals surface area contributed by atoms with Crippen LogP contribution in [0.2, 0.25) is 0 Å². The quantitative estimate of drug-likeness (QED) is 0.349. The van der Waals surface area contributed by atoms with E-state index in [4.69, 9.17) is 4.98 Å². The van der Waals surface area contributed by atoms with Gasteiger partial charge in [-0.25, -0.2) is 14.4 Å². The molecule has 200 valence electrons. The number of hydrogen-bond donors (Lipinski definition) is 2. The lowest BCUT2D eigenvalue weighted by molar-refractivity contribution is -0.111. The van der Waals surface area contributed by atoms with Crippen molar-refractivity contribution in [1.82, 2.24) is 19.4 Å². The lowest BCUT2D eigenvalue weighted by Gasteiger charge is -2.29. The van der Waals surface area contributed by atoms with Gasteiger partial charge >= 0.3 is 0 Å². The first-order valence-electron chi connectivity index (χ1n) is 12.6. The fraction of sp³-hybridized carbons (Fsp3) is 0.241. The highest BCUT2D eigenvalue weighted by Gasteiger charge is 2.25. The van der Waals surface area contributed by atoms with E-state index in [0.717, 1.165) is 25.2 Å². The number of rotatable bonds is 7. The maximum Gasteiger partial charge on any atom is 0.251 e. The van der Waals surface area contributed by atoms with Gasteiger partial charge in [-0.2, -0.15) is 0 Å². The standard InChI is InChI=1S/C29H30FN7O2/c1-5-26(38)33-23-14-20(9-10-24(23)36(3)21-11-12-35(2)17-21)32-29-31-16-25-28(34-29)22(15-27(39)37(25)4)18-7-6-8-19(30)13-18/h5-10,13-16,21H,1,11-12,17H2,2-4H3,(H,33,38)(H,31,32,34). The molecule has 1 saturated heterocycles. The molecule has 1 atom stereocenters. The molecule has 0 bridgehead atoms. The van der Waals surface area contributed by atoms with E-state index in [1.807, 2.05) is 25.2 Å². The van der Waals surface area contributed by atoms with E-state index in [-0.39, 0.29) is 11.5 Å². The number of amides is 1. The maximum atomic E-state index is 14.0. The number of likely N-dealkylation sites (tertiary alicyclic amines) is 1. The zero-order valence-electron chi connectivity index (χ0n) is 22.1. The van der Waals surface area contributed by atoms with Gasteiger partial charge in [0.2, 0.25) is 11.9 Å². The normalized spacial score (nSPS) is 15.3. The van der Waals surface area contributed by atoms with Gasteiger partial charge in [0.1, 0.15) is 11.3 Å². The summed E-state index contributed by atoms with van der Waals surface area (Å²) < 4.78 is 15.4. The number of carbonyl (C=O) groups is 1. The number of nitrogens with zero attached hydrogens (tertiary/aromatic N) is 5. The van der Waals surface area contributed by atoms with Crippen LogP contribution in [0.25, 0.3) is 22.2 Å². The first kappa shape index (κ1) is 26.1. The Balaban J connectivity index is 1.53. The predicted molar refractivity (Wildman–Crippen MR) is 153 cm³/mol. The number of aromatic nitrogens is 3. The molecule has 10 heteroatoms. The van der Waals surface area contributed by atoms with E-state index in [9.17, 15) is 14.0 Å². The minimum Gasteiger partial charge on any atom is -0.369 e. The average Bonchev–Trinajstić information content (AvgIpc) is 3.36. The van der Waals surface area contributed by atoms with Crippen LogP contribution in [0.3, 0.4) is 0 Å². The van der Waals surface area contributed by atoms with Gasteiger partial charge in [0.15, 0.2) is 0 Å². The van der Waals surface area contributed by atoms with Crippen LogP contribution in [-0.2, 0) is 11.8 Å². The highest BCUT2D eigenvalue weighted by Crippen LogP contribution is 2.33. The predicted octanol–water partition coefficient (Wildman–Crippen LogP) is 4.14. The van der Waals surface area contributed by atoms with Gasteiger partial charge in [-0.05, 0) is 62.0 Å². The van der Waals surface area contributed by atoms with Crippen LogP contribution >= 0.6 is 0 Å². The minimum absolute atomic E-state index is 0.248. The first-order valence-corrected chi connectivity index (χ1v) is 12.6. The summed E-state index contributed by atoms with van der Waals surface area (Å²) >= 11 is 0. The number of aryl methyl sites for hydroxylation is 1. The van der Waals surface area contributed by atoms with Crippen molar-refractivity contribution in [1.29, 1.82) is 0 Å². The Morgan fingerprint density at radius 3 is 2.74 bits per heavy atom. The highest BCUT2D eigenvalue weighted by molar-refractivity contribution is 6.02. The van der Waals surface area contributed by atoms with E-state index in [1.165, 1.54) is 28.8 Å². The summed E-state index contributed by atoms with van der Waals surface area (Å²) in [7, 11) is 5.77. The molecule has 0 spiro atoms. The van der Waals surface area contributed by atoms with Gasteiger partial charge in [0.05, 0.1) is 23.1 Å². The fourth-order valence-electron chi connectivity index (χ4n) is 4.92. The Morgan fingerprint density at radius 2 is 2.03 bits per heavy atom. The zero-order chi connectivity index (χ0) is 27.7. The van der Waals surface area contributed by atoms with Crippen molar-refractivity contribution in [3.63, 3.8) is 0 Å². The molecule has 5 rings (SSSR count). The van der Waals surface area contributed by atoms with Crippen molar-refractivity contribution in [2.24, 2.45) is 7.05 Å². The molecule has 2 N–H and O–H groups in total. The molecule has 1 unspecified atom stereocenters. The molecular weight excluding hydrogens is 497 g/mol. The van der Waals surface area contributed by atoms with Crippen molar-refractivity contribution in [3.05, 3.63) is 83.6 Å². The Bertz CT molecular complexity index is 1630. The number of likely N-dealkylation sites (N-methyl/N-ethyl adjacent to an activating group) is 2. The van der Waals surface area contributed by atoms with Gasteiger partial charge in [-0.1, -0.05) is 18.7 Å². The van der Waals surface area contributed by atoms with Gasteiger partial charge in [-0.15, -0.1) is 0 Å². The van der Waals surface area contributed by atoms with Crippen LogP contribution < -0.4 is 21.1 Å². The third-order valence-electron chi connectivity index (χ3n) is 7.11. The molecule has 2 aromatic carbocycles. The molecule has 4 aromatic rings. The second-order valence-corrected chi connectivity index (χ2v) is 9.76. The van der Waals surface area contributed by atoms with Gasteiger partial charge in [0, 0.05) is 44.0 Å². The number of fused-ring (bicyclic) bond motifs is 1. The molecule has 0 radical (unpaired) electrons. The number of benzene rings is 2. The Hall–Kier alpha value is -4.57. The molecule has 1 amide bonds. The van der Waals surface area contributed by atoms with Crippen molar-refractivity contribution in [2.75, 3.05) is 42.7 Å². The Morgan fingerprint density at radius 1 is 1.21 bits per heavy atom. The van der Waals surface area contributed by atoms with Gasteiger partial charge in [-0.3, -0.25) is 9.59 Å². The summed E-state index contributed by atoms with van der Waals surface area (Å²) in [6.07, 6.45) is 3.83. The molecule has 9 nitrogen and oxygen atoms in total. The van der Waals surface area contributed by atoms with Crippen molar-refractivity contribution >= 4 is 40.0 Å². The Labute approximate surface area is 225 Å². The number of pyridine rings is 1. The summed E-state index contributed by atoms with van der Waals surface area (Å²) in [5, 5.41) is 6.12. The van der Waals surface area contributed by atoms with Crippen LogP contribution in [0, 0.1) is 5.82 Å². The van der Waals surface area contributed by atoms with E-state index in [2.05, 4.69) is 39.0 Å². The van der Waals surface area contributed by atoms with Crippen LogP contribution in [-0.4, -0.2) is 58.6 Å². The van der Waals surface area contributed by atoms with Crippen molar-refractivity contribution < 1.29 is 9.18 Å². The zero-order valence-corrected chi connectivity index (χ0v) is 22.1. The van der Waals surface area contributed by atoms with E-state index in [0.29, 0.717) is 45.5 Å². The van der Waals surface area contributed by atoms with Crippen molar-refractivity contribution in [2.45, 2.75) is 12.5 Å². The fourth-order valence-corrected chi connectivity index (χ4v) is 4.92. The smallest absolute Gasteiger partial charge is 0.251 e. The van der Waals surface area contributed by atoms with Crippen LogP contribution in [0.1, 0.15) is 6.42 Å². The largest absolute Gasteiger partial charge is 0.369 e. The second-order valence-electron chi connectivity index (χ2n) is 9.76. The molecule has 1 fully saturated rings. The van der Waals surface area contributed by atoms with Crippen LogP contribution in [0.5, 0.6) is 0 Å². The lowest BCUT2D eigenvalue weighted by Crippen LogP contribution is -2.34. The van der Waals surface area contributed by atoms with E-state index >= 15 is 0 Å². The van der Waals surface area contributed by atoms with Crippen LogP contribution in [0.4, 0.5) is 27.4 Å².